The van der Waals surface area contributed by atoms with E-state index in [0.717, 1.165) is 44.3 Å². The predicted molar refractivity (Wildman–Crippen MR) is 168 cm³/mol. The molecule has 7 nitrogen and oxygen atoms in total. The van der Waals surface area contributed by atoms with E-state index in [-0.39, 0.29) is 43.9 Å². The summed E-state index contributed by atoms with van der Waals surface area (Å²) in [4.78, 5) is 30.5. The fourth-order valence-electron chi connectivity index (χ4n) is 6.12. The quantitative estimate of drug-likeness (QED) is 0.167. The average molecular weight is 574 g/mol. The highest BCUT2D eigenvalue weighted by atomic mass is 16.5. The predicted octanol–water partition coefficient (Wildman–Crippen LogP) is 5.90. The van der Waals surface area contributed by atoms with Gasteiger partial charge in [-0.1, -0.05) is 97.1 Å². The topological polar surface area (TPSA) is 103 Å². The smallest absolute Gasteiger partial charge is 0.408 e. The van der Waals surface area contributed by atoms with Gasteiger partial charge in [0.15, 0.2) is 0 Å². The van der Waals surface area contributed by atoms with E-state index < -0.39 is 11.6 Å². The molecule has 2 unspecified atom stereocenters. The minimum Gasteiger partial charge on any atom is -0.449 e. The SMILES string of the molecule is CC(Cc1c[nH]c2ccccc12)(NC(=O)OCC1c2ccccc2-c2ccccc21)C(=O)NCC(CO)c1ccccc1. The van der Waals surface area contributed by atoms with Crippen molar-refractivity contribution in [2.24, 2.45) is 0 Å². The van der Waals surface area contributed by atoms with Crippen molar-refractivity contribution in [3.63, 3.8) is 0 Å². The number of H-pyrrole nitrogens is 1. The lowest BCUT2D eigenvalue weighted by Crippen LogP contribution is -2.58. The molecule has 1 aliphatic carbocycles. The number of rotatable bonds is 10. The molecule has 0 spiro atoms. The van der Waals surface area contributed by atoms with Crippen molar-refractivity contribution < 1.29 is 19.4 Å². The molecule has 2 atom stereocenters. The van der Waals surface area contributed by atoms with Gasteiger partial charge in [-0.25, -0.2) is 4.79 Å². The Bertz CT molecular complexity index is 1700. The number of aromatic nitrogens is 1. The Morgan fingerprint density at radius 3 is 2.21 bits per heavy atom. The molecule has 5 aromatic rings. The van der Waals surface area contributed by atoms with Gasteiger partial charge in [0.1, 0.15) is 12.1 Å². The number of hydrogen-bond acceptors (Lipinski definition) is 4. The van der Waals surface area contributed by atoms with Crippen LogP contribution in [0.1, 0.15) is 41.0 Å². The molecule has 0 fully saturated rings. The zero-order valence-corrected chi connectivity index (χ0v) is 24.0. The number of nitrogens with one attached hydrogen (secondary N) is 3. The Morgan fingerprint density at radius 1 is 0.884 bits per heavy atom. The van der Waals surface area contributed by atoms with Gasteiger partial charge >= 0.3 is 6.09 Å². The van der Waals surface area contributed by atoms with E-state index in [1.54, 1.807) is 6.92 Å². The van der Waals surface area contributed by atoms with E-state index >= 15 is 0 Å². The minimum atomic E-state index is -1.33. The third kappa shape index (κ3) is 5.76. The molecule has 2 amide bonds. The van der Waals surface area contributed by atoms with E-state index in [1.165, 1.54) is 0 Å². The minimum absolute atomic E-state index is 0.0944. The standard InChI is InChI=1S/C36H35N3O4/c1-36(19-25-20-37-33-18-10-9-13-27(25)33,34(41)38-21-26(22-40)24-11-3-2-4-12-24)39-35(42)43-23-32-30-16-7-5-14-28(30)29-15-6-8-17-31(29)32/h2-18,20,26,32,37,40H,19,21-23H2,1H3,(H,38,41)(H,39,42). The first-order valence-corrected chi connectivity index (χ1v) is 14.6. The van der Waals surface area contributed by atoms with Crippen molar-refractivity contribution >= 4 is 22.9 Å². The van der Waals surface area contributed by atoms with E-state index in [4.69, 9.17) is 4.74 Å². The van der Waals surface area contributed by atoms with Gasteiger partial charge in [0.2, 0.25) is 5.91 Å². The van der Waals surface area contributed by atoms with Crippen molar-refractivity contribution in [2.75, 3.05) is 19.8 Å². The van der Waals surface area contributed by atoms with Crippen LogP contribution in [0.4, 0.5) is 4.79 Å². The van der Waals surface area contributed by atoms with Crippen LogP contribution < -0.4 is 10.6 Å². The zero-order valence-electron chi connectivity index (χ0n) is 24.0. The third-order valence-corrected chi connectivity index (χ3v) is 8.44. The molecule has 43 heavy (non-hydrogen) atoms. The number of carbonyl (C=O) groups is 2. The molecular formula is C36H35N3O4. The molecule has 1 aromatic heterocycles. The van der Waals surface area contributed by atoms with E-state index in [0.29, 0.717) is 0 Å². The highest BCUT2D eigenvalue weighted by Gasteiger charge is 2.37. The summed E-state index contributed by atoms with van der Waals surface area (Å²) in [6.45, 7) is 1.95. The molecule has 1 aliphatic rings. The lowest BCUT2D eigenvalue weighted by Gasteiger charge is -2.30. The van der Waals surface area contributed by atoms with E-state index in [1.807, 2.05) is 85.1 Å². The third-order valence-electron chi connectivity index (χ3n) is 8.44. The fourth-order valence-corrected chi connectivity index (χ4v) is 6.12. The molecule has 0 saturated carbocycles. The number of alkyl carbamates (subject to hydrolysis) is 1. The Hall–Kier alpha value is -4.88. The van der Waals surface area contributed by atoms with Crippen LogP contribution in [0.25, 0.3) is 22.0 Å². The lowest BCUT2D eigenvalue weighted by molar-refractivity contribution is -0.127. The fraction of sp³-hybridized carbons (Fsp3) is 0.222. The number of aliphatic hydroxyl groups is 1. The molecule has 4 aromatic carbocycles. The zero-order chi connectivity index (χ0) is 29.8. The van der Waals surface area contributed by atoms with Crippen LogP contribution >= 0.6 is 0 Å². The lowest BCUT2D eigenvalue weighted by atomic mass is 9.91. The van der Waals surface area contributed by atoms with Crippen LogP contribution in [0.15, 0.2) is 109 Å². The average Bonchev–Trinajstić information content (AvgIpc) is 3.59. The second-order valence-electron chi connectivity index (χ2n) is 11.3. The highest BCUT2D eigenvalue weighted by Crippen LogP contribution is 2.44. The summed E-state index contributed by atoms with van der Waals surface area (Å²) in [5.74, 6) is -0.736. The largest absolute Gasteiger partial charge is 0.449 e. The van der Waals surface area contributed by atoms with Crippen LogP contribution in [-0.4, -0.2) is 47.4 Å². The molecule has 0 bridgehead atoms. The van der Waals surface area contributed by atoms with Gasteiger partial charge < -0.3 is 25.5 Å². The summed E-state index contributed by atoms with van der Waals surface area (Å²) in [6, 6.07) is 33.8. The maximum atomic E-state index is 13.8. The number of aromatic amines is 1. The number of carbonyl (C=O) groups excluding carboxylic acids is 2. The molecule has 4 N–H and O–H groups in total. The number of fused-ring (bicyclic) bond motifs is 4. The number of para-hydroxylation sites is 1. The molecule has 0 saturated heterocycles. The molecule has 6 rings (SSSR count). The molecular weight excluding hydrogens is 538 g/mol. The number of aliphatic hydroxyl groups excluding tert-OH is 1. The Kier molecular flexibility index (Phi) is 7.99. The monoisotopic (exact) mass is 573 g/mol. The second-order valence-corrected chi connectivity index (χ2v) is 11.3. The van der Waals surface area contributed by atoms with Gasteiger partial charge in [0.05, 0.1) is 6.61 Å². The summed E-state index contributed by atoms with van der Waals surface area (Å²) >= 11 is 0. The Labute approximate surface area is 250 Å². The van der Waals surface area contributed by atoms with Crippen molar-refractivity contribution in [3.05, 3.63) is 132 Å². The second kappa shape index (κ2) is 12.2. The first kappa shape index (κ1) is 28.2. The number of amides is 2. The first-order chi connectivity index (χ1) is 21.0. The highest BCUT2D eigenvalue weighted by molar-refractivity contribution is 5.91. The van der Waals surface area contributed by atoms with Crippen LogP contribution in [0.5, 0.6) is 0 Å². The van der Waals surface area contributed by atoms with Gasteiger partial charge in [-0.2, -0.15) is 0 Å². The van der Waals surface area contributed by atoms with Gasteiger partial charge in [-0.3, -0.25) is 4.79 Å². The van der Waals surface area contributed by atoms with Crippen LogP contribution in [0.3, 0.4) is 0 Å². The molecule has 0 radical (unpaired) electrons. The first-order valence-electron chi connectivity index (χ1n) is 14.6. The van der Waals surface area contributed by atoms with Crippen molar-refractivity contribution in [2.45, 2.75) is 30.7 Å². The summed E-state index contributed by atoms with van der Waals surface area (Å²) in [6.07, 6.45) is 1.44. The molecule has 1 heterocycles. The van der Waals surface area contributed by atoms with Gasteiger partial charge in [0.25, 0.3) is 0 Å². The van der Waals surface area contributed by atoms with Gasteiger partial charge in [-0.15, -0.1) is 0 Å². The summed E-state index contributed by atoms with van der Waals surface area (Å²) < 4.78 is 5.83. The molecule has 0 aliphatic heterocycles. The summed E-state index contributed by atoms with van der Waals surface area (Å²) in [5, 5.41) is 16.9. The number of ether oxygens (including phenoxy) is 1. The van der Waals surface area contributed by atoms with Crippen molar-refractivity contribution in [1.29, 1.82) is 0 Å². The molecule has 7 heteroatoms. The summed E-state index contributed by atoms with van der Waals surface area (Å²) in [5.41, 5.74) is 5.97. The number of benzene rings is 4. The van der Waals surface area contributed by atoms with E-state index in [2.05, 4.69) is 39.9 Å². The van der Waals surface area contributed by atoms with E-state index in [9.17, 15) is 14.7 Å². The molecule has 218 valence electrons. The summed E-state index contributed by atoms with van der Waals surface area (Å²) in [7, 11) is 0. The van der Waals surface area contributed by atoms with Crippen LogP contribution in [0.2, 0.25) is 0 Å². The Balaban J connectivity index is 1.20. The van der Waals surface area contributed by atoms with Crippen molar-refractivity contribution in [3.8, 4) is 11.1 Å². The van der Waals surface area contributed by atoms with Gasteiger partial charge in [-0.05, 0) is 46.4 Å². The maximum absolute atomic E-state index is 13.8. The number of hydrogen-bond donors (Lipinski definition) is 4. The van der Waals surface area contributed by atoms with Crippen LogP contribution in [-0.2, 0) is 16.0 Å². The maximum Gasteiger partial charge on any atom is 0.408 e. The normalized spacial score (nSPS) is 14.4. The van der Waals surface area contributed by atoms with Crippen molar-refractivity contribution in [1.82, 2.24) is 15.6 Å². The van der Waals surface area contributed by atoms with Gasteiger partial charge in [0, 0.05) is 41.9 Å². The Morgan fingerprint density at radius 2 is 1.51 bits per heavy atom. The van der Waals surface area contributed by atoms with Crippen LogP contribution in [0, 0.1) is 0 Å².